The van der Waals surface area contributed by atoms with Gasteiger partial charge < -0.3 is 9.32 Å². The van der Waals surface area contributed by atoms with Crippen LogP contribution in [0.3, 0.4) is 0 Å². The molecule has 3 aromatic rings. The lowest BCUT2D eigenvalue weighted by Gasteiger charge is -2.25. The van der Waals surface area contributed by atoms with Crippen LogP contribution in [0.25, 0.3) is 11.6 Å². The van der Waals surface area contributed by atoms with Gasteiger partial charge >= 0.3 is 0 Å². The van der Waals surface area contributed by atoms with Crippen LogP contribution in [0.5, 0.6) is 0 Å². The van der Waals surface area contributed by atoms with Gasteiger partial charge in [-0.2, -0.15) is 5.26 Å². The molecule has 1 aromatic carbocycles. The summed E-state index contributed by atoms with van der Waals surface area (Å²) in [7, 11) is 0. The third-order valence-electron chi connectivity index (χ3n) is 6.22. The molecule has 33 heavy (non-hydrogen) atoms. The molecule has 0 spiro atoms. The molecule has 8 heteroatoms. The predicted octanol–water partition coefficient (Wildman–Crippen LogP) is 5.70. The number of hydrogen-bond acceptors (Lipinski definition) is 6. The Morgan fingerprint density at radius 1 is 1.21 bits per heavy atom. The fraction of sp³-hybridized carbons (Fsp3) is 0.440. The lowest BCUT2D eigenvalue weighted by Crippen LogP contribution is -2.33. The summed E-state index contributed by atoms with van der Waals surface area (Å²) in [6.07, 6.45) is 7.68. The summed E-state index contributed by atoms with van der Waals surface area (Å²) in [5.74, 6) is 1.59. The highest BCUT2D eigenvalue weighted by molar-refractivity contribution is 7.99. The fourth-order valence-electron chi connectivity index (χ4n) is 4.27. The largest absolute Gasteiger partial charge is 0.461 e. The molecule has 0 bridgehead atoms. The van der Waals surface area contributed by atoms with Crippen LogP contribution in [-0.4, -0.2) is 33.0 Å². The number of aryl methyl sites for hydroxylation is 2. The van der Waals surface area contributed by atoms with Crippen LogP contribution in [0.2, 0.25) is 0 Å². The van der Waals surface area contributed by atoms with E-state index in [1.807, 2.05) is 44.2 Å². The van der Waals surface area contributed by atoms with E-state index in [1.165, 1.54) is 36.6 Å². The maximum Gasteiger partial charge on any atom is 0.237 e. The van der Waals surface area contributed by atoms with Crippen molar-refractivity contribution in [2.75, 3.05) is 17.2 Å². The van der Waals surface area contributed by atoms with Crippen molar-refractivity contribution in [2.45, 2.75) is 63.6 Å². The van der Waals surface area contributed by atoms with Crippen LogP contribution >= 0.6 is 11.8 Å². The number of amides is 1. The minimum absolute atomic E-state index is 0.0451. The molecule has 172 valence electrons. The van der Waals surface area contributed by atoms with Gasteiger partial charge in [0.1, 0.15) is 0 Å². The third-order valence-corrected chi connectivity index (χ3v) is 7.15. The van der Waals surface area contributed by atoms with Crippen LogP contribution in [0, 0.1) is 25.2 Å². The lowest BCUT2D eigenvalue weighted by atomic mass is 9.95. The van der Waals surface area contributed by atoms with Crippen molar-refractivity contribution in [2.24, 2.45) is 0 Å². The van der Waals surface area contributed by atoms with Crippen molar-refractivity contribution in [3.63, 3.8) is 0 Å². The second kappa shape index (κ2) is 10.7. The van der Waals surface area contributed by atoms with Crippen molar-refractivity contribution in [1.82, 2.24) is 14.8 Å². The van der Waals surface area contributed by atoms with Gasteiger partial charge in [0.2, 0.25) is 11.7 Å². The Kier molecular flexibility index (Phi) is 7.50. The fourth-order valence-corrected chi connectivity index (χ4v) is 5.16. The Morgan fingerprint density at radius 2 is 2.03 bits per heavy atom. The molecule has 1 aliphatic carbocycles. The first-order chi connectivity index (χ1) is 16.1. The number of rotatable bonds is 8. The van der Waals surface area contributed by atoms with Gasteiger partial charge in [0, 0.05) is 18.3 Å². The molecule has 0 atom stereocenters. The van der Waals surface area contributed by atoms with Gasteiger partial charge in [-0.05, 0) is 62.1 Å². The van der Waals surface area contributed by atoms with Crippen molar-refractivity contribution in [3.8, 4) is 17.7 Å². The van der Waals surface area contributed by atoms with E-state index in [2.05, 4.69) is 20.8 Å². The Labute approximate surface area is 198 Å². The van der Waals surface area contributed by atoms with Crippen LogP contribution in [-0.2, 0) is 4.79 Å². The van der Waals surface area contributed by atoms with Crippen molar-refractivity contribution < 1.29 is 9.21 Å². The molecule has 1 fully saturated rings. The average molecular weight is 464 g/mol. The summed E-state index contributed by atoms with van der Waals surface area (Å²) in [5, 5.41) is 18.7. The van der Waals surface area contributed by atoms with E-state index in [9.17, 15) is 4.79 Å². The van der Waals surface area contributed by atoms with Gasteiger partial charge in [0.15, 0.2) is 10.9 Å². The van der Waals surface area contributed by atoms with Gasteiger partial charge in [-0.1, -0.05) is 37.1 Å². The zero-order chi connectivity index (χ0) is 23.2. The molecule has 0 N–H and O–H groups in total. The van der Waals surface area contributed by atoms with E-state index in [4.69, 9.17) is 9.68 Å². The second-order valence-corrected chi connectivity index (χ2v) is 9.40. The number of anilines is 1. The summed E-state index contributed by atoms with van der Waals surface area (Å²) in [6, 6.07) is 12.2. The molecule has 1 saturated carbocycles. The number of aromatic nitrogens is 3. The summed E-state index contributed by atoms with van der Waals surface area (Å²) in [5.41, 5.74) is 3.12. The minimum Gasteiger partial charge on any atom is -0.461 e. The standard InChI is InChI=1S/C25H29N5O2S/c1-18-11-12-21(16-19(18)2)29(14-7-13-26)23(31)17-33-25-28-27-24(22-10-6-15-32-22)30(25)20-8-4-3-5-9-20/h6,10-12,15-16,20H,3-5,7-9,14,17H2,1-2H3. The van der Waals surface area contributed by atoms with Crippen molar-refractivity contribution in [1.29, 1.82) is 5.26 Å². The van der Waals surface area contributed by atoms with Crippen molar-refractivity contribution in [3.05, 3.63) is 47.7 Å². The third kappa shape index (κ3) is 5.31. The molecule has 7 nitrogen and oxygen atoms in total. The highest BCUT2D eigenvalue weighted by Gasteiger charge is 2.26. The van der Waals surface area contributed by atoms with E-state index in [1.54, 1.807) is 11.2 Å². The molecular formula is C25H29N5O2S. The first-order valence-electron chi connectivity index (χ1n) is 11.4. The number of nitriles is 1. The highest BCUT2D eigenvalue weighted by atomic mass is 32.2. The highest BCUT2D eigenvalue weighted by Crippen LogP contribution is 2.36. The monoisotopic (exact) mass is 463 g/mol. The Hall–Kier alpha value is -3.05. The van der Waals surface area contributed by atoms with Gasteiger partial charge in [-0.25, -0.2) is 0 Å². The molecule has 0 radical (unpaired) electrons. The molecule has 0 unspecified atom stereocenters. The Balaban J connectivity index is 1.56. The lowest BCUT2D eigenvalue weighted by molar-refractivity contribution is -0.116. The van der Waals surface area contributed by atoms with Gasteiger partial charge in [0.05, 0.1) is 24.5 Å². The summed E-state index contributed by atoms with van der Waals surface area (Å²) >= 11 is 1.40. The Bertz CT molecular complexity index is 1130. The molecular weight excluding hydrogens is 434 g/mol. The molecule has 2 heterocycles. The molecule has 1 amide bonds. The number of carbonyl (C=O) groups is 1. The number of carbonyl (C=O) groups excluding carboxylic acids is 1. The predicted molar refractivity (Wildman–Crippen MR) is 129 cm³/mol. The van der Waals surface area contributed by atoms with Crippen LogP contribution in [0.15, 0.2) is 46.2 Å². The zero-order valence-corrected chi connectivity index (χ0v) is 20.0. The molecule has 2 aromatic heterocycles. The van der Waals surface area contributed by atoms with E-state index in [-0.39, 0.29) is 18.1 Å². The van der Waals surface area contributed by atoms with Gasteiger partial charge in [0.25, 0.3) is 0 Å². The second-order valence-electron chi connectivity index (χ2n) is 8.46. The zero-order valence-electron chi connectivity index (χ0n) is 19.2. The summed E-state index contributed by atoms with van der Waals surface area (Å²) < 4.78 is 7.77. The Morgan fingerprint density at radius 3 is 2.73 bits per heavy atom. The van der Waals surface area contributed by atoms with Crippen LogP contribution in [0.1, 0.15) is 55.7 Å². The maximum absolute atomic E-state index is 13.3. The van der Waals surface area contributed by atoms with Crippen molar-refractivity contribution >= 4 is 23.4 Å². The molecule has 0 aliphatic heterocycles. The van der Waals surface area contributed by atoms with E-state index >= 15 is 0 Å². The maximum atomic E-state index is 13.3. The van der Waals surface area contributed by atoms with Crippen LogP contribution in [0.4, 0.5) is 5.69 Å². The van der Waals surface area contributed by atoms with E-state index < -0.39 is 0 Å². The first-order valence-corrected chi connectivity index (χ1v) is 12.4. The summed E-state index contributed by atoms with van der Waals surface area (Å²) in [4.78, 5) is 15.0. The van der Waals surface area contributed by atoms with E-state index in [0.717, 1.165) is 35.1 Å². The number of hydrogen-bond donors (Lipinski definition) is 0. The van der Waals surface area contributed by atoms with Gasteiger partial charge in [-0.3, -0.25) is 9.36 Å². The number of benzene rings is 1. The minimum atomic E-state index is -0.0451. The quantitative estimate of drug-likeness (QED) is 0.398. The number of nitrogens with zero attached hydrogens (tertiary/aromatic N) is 5. The first kappa shape index (κ1) is 23.1. The van der Waals surface area contributed by atoms with E-state index in [0.29, 0.717) is 18.3 Å². The number of furan rings is 1. The molecule has 1 aliphatic rings. The molecule has 0 saturated heterocycles. The topological polar surface area (TPSA) is 87.9 Å². The smallest absolute Gasteiger partial charge is 0.237 e. The SMILES string of the molecule is Cc1ccc(N(CCC#N)C(=O)CSc2nnc(-c3ccco3)n2C2CCCCC2)cc1C. The normalized spacial score (nSPS) is 14.2. The average Bonchev–Trinajstić information content (AvgIpc) is 3.50. The van der Waals surface area contributed by atoms with Gasteiger partial charge in [-0.15, -0.1) is 10.2 Å². The van der Waals surface area contributed by atoms with Crippen LogP contribution < -0.4 is 4.90 Å². The summed E-state index contributed by atoms with van der Waals surface area (Å²) in [6.45, 7) is 4.44. The number of thioether (sulfide) groups is 1. The molecule has 4 rings (SSSR count).